The van der Waals surface area contributed by atoms with E-state index in [4.69, 9.17) is 21.8 Å². The monoisotopic (exact) mass is 307 g/mol. The normalized spacial score (nSPS) is 12.9. The van der Waals surface area contributed by atoms with Gasteiger partial charge in [-0.3, -0.25) is 0 Å². The lowest BCUT2D eigenvalue weighted by Gasteiger charge is -2.08. The van der Waals surface area contributed by atoms with E-state index in [0.717, 1.165) is 28.2 Å². The molecule has 0 bridgehead atoms. The van der Waals surface area contributed by atoms with Gasteiger partial charge in [-0.15, -0.1) is 0 Å². The standard InChI is InChI=1S/C18H26ClNO/c1-2-3-4-5-6-7-8-9-16(20)18-13-14-12-15(19)10-11-17(14)21-18/h10-13,16H,2-9,20H2,1H3. The molecule has 2 nitrogen and oxygen atoms in total. The molecule has 0 amide bonds. The maximum atomic E-state index is 6.23. The Morgan fingerprint density at radius 3 is 2.52 bits per heavy atom. The summed E-state index contributed by atoms with van der Waals surface area (Å²) in [5, 5.41) is 1.77. The van der Waals surface area contributed by atoms with Gasteiger partial charge in [0.1, 0.15) is 11.3 Å². The van der Waals surface area contributed by atoms with Crippen LogP contribution in [0.4, 0.5) is 0 Å². The quantitative estimate of drug-likeness (QED) is 0.558. The molecule has 0 saturated heterocycles. The third-order valence-electron chi connectivity index (χ3n) is 3.98. The topological polar surface area (TPSA) is 39.2 Å². The largest absolute Gasteiger partial charge is 0.459 e. The van der Waals surface area contributed by atoms with Crippen LogP contribution in [0.5, 0.6) is 0 Å². The lowest BCUT2D eigenvalue weighted by molar-refractivity contribution is 0.458. The van der Waals surface area contributed by atoms with Crippen LogP contribution in [-0.4, -0.2) is 0 Å². The smallest absolute Gasteiger partial charge is 0.134 e. The molecular formula is C18H26ClNO. The lowest BCUT2D eigenvalue weighted by Crippen LogP contribution is -2.08. The first-order valence-electron chi connectivity index (χ1n) is 8.15. The van der Waals surface area contributed by atoms with Crippen LogP contribution < -0.4 is 5.73 Å². The summed E-state index contributed by atoms with van der Waals surface area (Å²) in [4.78, 5) is 0. The van der Waals surface area contributed by atoms with Crippen molar-refractivity contribution in [3.05, 3.63) is 35.0 Å². The van der Waals surface area contributed by atoms with Crippen molar-refractivity contribution in [2.75, 3.05) is 0 Å². The number of hydrogen-bond donors (Lipinski definition) is 1. The Kier molecular flexibility index (Phi) is 6.59. The predicted octanol–water partition coefficient (Wildman–Crippen LogP) is 6.23. The van der Waals surface area contributed by atoms with Crippen LogP contribution in [0.3, 0.4) is 0 Å². The van der Waals surface area contributed by atoms with Crippen LogP contribution in [0, 0.1) is 0 Å². The molecule has 116 valence electrons. The Labute approximate surface area is 132 Å². The van der Waals surface area contributed by atoms with Crippen LogP contribution in [0.25, 0.3) is 11.0 Å². The second-order valence-electron chi connectivity index (χ2n) is 5.85. The fraction of sp³-hybridized carbons (Fsp3) is 0.556. The molecule has 2 N–H and O–H groups in total. The number of benzene rings is 1. The van der Waals surface area contributed by atoms with Crippen LogP contribution >= 0.6 is 11.6 Å². The van der Waals surface area contributed by atoms with Gasteiger partial charge in [0.2, 0.25) is 0 Å². The van der Waals surface area contributed by atoms with Gasteiger partial charge in [0, 0.05) is 10.4 Å². The van der Waals surface area contributed by atoms with Crippen LogP contribution in [0.1, 0.15) is 70.1 Å². The van der Waals surface area contributed by atoms with E-state index >= 15 is 0 Å². The van der Waals surface area contributed by atoms with Gasteiger partial charge < -0.3 is 10.2 Å². The van der Waals surface area contributed by atoms with Gasteiger partial charge in [0.05, 0.1) is 6.04 Å². The first-order chi connectivity index (χ1) is 10.2. The molecule has 1 aromatic heterocycles. The van der Waals surface area contributed by atoms with E-state index < -0.39 is 0 Å². The molecule has 21 heavy (non-hydrogen) atoms. The summed E-state index contributed by atoms with van der Waals surface area (Å²) in [6.07, 6.45) is 10.1. The number of unbranched alkanes of at least 4 members (excludes halogenated alkanes) is 6. The van der Waals surface area contributed by atoms with E-state index in [1.54, 1.807) is 0 Å². The van der Waals surface area contributed by atoms with E-state index in [1.807, 2.05) is 24.3 Å². The highest BCUT2D eigenvalue weighted by Crippen LogP contribution is 2.27. The fourth-order valence-corrected chi connectivity index (χ4v) is 2.86. The molecule has 1 atom stereocenters. The van der Waals surface area contributed by atoms with Crippen molar-refractivity contribution in [2.24, 2.45) is 5.73 Å². The summed E-state index contributed by atoms with van der Waals surface area (Å²) in [7, 11) is 0. The number of furan rings is 1. The molecule has 0 aliphatic rings. The second kappa shape index (κ2) is 8.45. The zero-order valence-corrected chi connectivity index (χ0v) is 13.7. The molecule has 0 aliphatic heterocycles. The molecule has 0 aliphatic carbocycles. The van der Waals surface area contributed by atoms with Crippen LogP contribution in [-0.2, 0) is 0 Å². The van der Waals surface area contributed by atoms with Crippen molar-refractivity contribution < 1.29 is 4.42 Å². The van der Waals surface area contributed by atoms with Crippen molar-refractivity contribution in [3.63, 3.8) is 0 Å². The Morgan fingerprint density at radius 1 is 1.05 bits per heavy atom. The average Bonchev–Trinajstić information content (AvgIpc) is 2.89. The summed E-state index contributed by atoms with van der Waals surface area (Å²) in [5.41, 5.74) is 7.10. The summed E-state index contributed by atoms with van der Waals surface area (Å²) in [5.74, 6) is 0.873. The molecule has 1 heterocycles. The summed E-state index contributed by atoms with van der Waals surface area (Å²) in [6, 6.07) is 7.68. The number of hydrogen-bond acceptors (Lipinski definition) is 2. The maximum absolute atomic E-state index is 6.23. The second-order valence-corrected chi connectivity index (χ2v) is 6.28. The summed E-state index contributed by atoms with van der Waals surface area (Å²) in [6.45, 7) is 2.25. The minimum absolute atomic E-state index is 0.00758. The molecule has 0 radical (unpaired) electrons. The zero-order valence-electron chi connectivity index (χ0n) is 12.9. The van der Waals surface area contributed by atoms with Gasteiger partial charge in [0.15, 0.2) is 0 Å². The van der Waals surface area contributed by atoms with E-state index in [-0.39, 0.29) is 6.04 Å². The molecular weight excluding hydrogens is 282 g/mol. The molecule has 0 saturated carbocycles. The van der Waals surface area contributed by atoms with Gasteiger partial charge in [-0.05, 0) is 30.7 Å². The molecule has 2 rings (SSSR count). The Bertz CT molecular complexity index is 549. The van der Waals surface area contributed by atoms with Gasteiger partial charge in [0.25, 0.3) is 0 Å². The van der Waals surface area contributed by atoms with E-state index in [1.165, 1.54) is 44.9 Å². The molecule has 1 aromatic carbocycles. The highest BCUT2D eigenvalue weighted by atomic mass is 35.5. The zero-order chi connectivity index (χ0) is 15.1. The van der Waals surface area contributed by atoms with Crippen molar-refractivity contribution in [3.8, 4) is 0 Å². The summed E-state index contributed by atoms with van der Waals surface area (Å²) >= 11 is 5.99. The van der Waals surface area contributed by atoms with E-state index in [2.05, 4.69) is 6.92 Å². The van der Waals surface area contributed by atoms with Gasteiger partial charge in [-0.1, -0.05) is 63.5 Å². The van der Waals surface area contributed by atoms with Crippen molar-refractivity contribution in [1.29, 1.82) is 0 Å². The minimum Gasteiger partial charge on any atom is -0.459 e. The molecule has 3 heteroatoms. The molecule has 0 spiro atoms. The number of halogens is 1. The summed E-state index contributed by atoms with van der Waals surface area (Å²) < 4.78 is 5.81. The Morgan fingerprint density at radius 2 is 1.76 bits per heavy atom. The Balaban J connectivity index is 1.75. The third-order valence-corrected chi connectivity index (χ3v) is 4.22. The lowest BCUT2D eigenvalue weighted by atomic mass is 10.0. The molecule has 1 unspecified atom stereocenters. The first kappa shape index (κ1) is 16.4. The SMILES string of the molecule is CCCCCCCCCC(N)c1cc2cc(Cl)ccc2o1. The highest BCUT2D eigenvalue weighted by molar-refractivity contribution is 6.31. The molecule has 2 aromatic rings. The van der Waals surface area contributed by atoms with Gasteiger partial charge >= 0.3 is 0 Å². The number of fused-ring (bicyclic) bond motifs is 1. The maximum Gasteiger partial charge on any atom is 0.134 e. The third kappa shape index (κ3) is 5.05. The average molecular weight is 308 g/mol. The molecule has 0 fully saturated rings. The van der Waals surface area contributed by atoms with Crippen LogP contribution in [0.2, 0.25) is 5.02 Å². The van der Waals surface area contributed by atoms with Crippen LogP contribution in [0.15, 0.2) is 28.7 Å². The highest BCUT2D eigenvalue weighted by Gasteiger charge is 2.12. The van der Waals surface area contributed by atoms with Crippen molar-refractivity contribution in [2.45, 2.75) is 64.3 Å². The number of rotatable bonds is 9. The van der Waals surface area contributed by atoms with Gasteiger partial charge in [-0.25, -0.2) is 0 Å². The number of nitrogens with two attached hydrogens (primary N) is 1. The fourth-order valence-electron chi connectivity index (χ4n) is 2.68. The van der Waals surface area contributed by atoms with Gasteiger partial charge in [-0.2, -0.15) is 0 Å². The van der Waals surface area contributed by atoms with E-state index in [0.29, 0.717) is 0 Å². The van der Waals surface area contributed by atoms with Crippen molar-refractivity contribution >= 4 is 22.6 Å². The Hall–Kier alpha value is -0.990. The van der Waals surface area contributed by atoms with E-state index in [9.17, 15) is 0 Å². The minimum atomic E-state index is -0.00758. The predicted molar refractivity (Wildman–Crippen MR) is 90.8 cm³/mol. The van der Waals surface area contributed by atoms with Crippen molar-refractivity contribution in [1.82, 2.24) is 0 Å². The first-order valence-corrected chi connectivity index (χ1v) is 8.53.